The number of carboxylic acids is 1. The van der Waals surface area contributed by atoms with Crippen molar-refractivity contribution in [1.29, 1.82) is 0 Å². The molecule has 8 nitrogen and oxygen atoms in total. The number of rotatable bonds is 11. The van der Waals surface area contributed by atoms with E-state index in [1.807, 2.05) is 19.9 Å². The molecule has 1 aliphatic rings. The molecule has 8 heteroatoms. The van der Waals surface area contributed by atoms with Crippen molar-refractivity contribution in [3.05, 3.63) is 59.2 Å². The molecule has 2 aromatic carbocycles. The SMILES string of the molecule is CCCOc1ccc(C=C2C(=O)NN(c3ccccc3)C2=O)c(OCCCCC(=O)O)c1C. The number of carbonyl (C=O) groups excluding carboxylic acids is 2. The maximum absolute atomic E-state index is 12.9. The van der Waals surface area contributed by atoms with Crippen LogP contribution in [0.15, 0.2) is 48.0 Å². The first-order chi connectivity index (χ1) is 15.9. The van der Waals surface area contributed by atoms with Gasteiger partial charge >= 0.3 is 5.97 Å². The third-order valence-corrected chi connectivity index (χ3v) is 5.09. The van der Waals surface area contributed by atoms with Crippen LogP contribution in [-0.2, 0) is 14.4 Å². The van der Waals surface area contributed by atoms with Crippen molar-refractivity contribution in [2.24, 2.45) is 0 Å². The van der Waals surface area contributed by atoms with Crippen molar-refractivity contribution in [3.8, 4) is 11.5 Å². The number of nitrogens with one attached hydrogen (secondary N) is 1. The van der Waals surface area contributed by atoms with E-state index in [4.69, 9.17) is 14.6 Å². The van der Waals surface area contributed by atoms with Gasteiger partial charge in [0, 0.05) is 17.5 Å². The van der Waals surface area contributed by atoms with Gasteiger partial charge in [-0.15, -0.1) is 0 Å². The van der Waals surface area contributed by atoms with E-state index in [0.29, 0.717) is 48.8 Å². The van der Waals surface area contributed by atoms with Crippen molar-refractivity contribution in [2.45, 2.75) is 39.5 Å². The van der Waals surface area contributed by atoms with Crippen LogP contribution in [0.4, 0.5) is 5.69 Å². The van der Waals surface area contributed by atoms with Gasteiger partial charge in [-0.05, 0) is 56.5 Å². The molecule has 0 aliphatic carbocycles. The van der Waals surface area contributed by atoms with Gasteiger partial charge in [0.15, 0.2) is 0 Å². The van der Waals surface area contributed by atoms with Crippen LogP contribution < -0.4 is 19.9 Å². The molecule has 0 radical (unpaired) electrons. The number of hydrogen-bond donors (Lipinski definition) is 2. The number of para-hydroxylation sites is 1. The number of unbranched alkanes of at least 4 members (excludes halogenated alkanes) is 1. The fourth-order valence-corrected chi connectivity index (χ4v) is 3.39. The van der Waals surface area contributed by atoms with E-state index in [9.17, 15) is 14.4 Å². The maximum atomic E-state index is 12.9. The molecule has 1 fully saturated rings. The summed E-state index contributed by atoms with van der Waals surface area (Å²) in [6, 6.07) is 12.4. The Morgan fingerprint density at radius 3 is 2.52 bits per heavy atom. The number of aliphatic carboxylic acids is 1. The summed E-state index contributed by atoms with van der Waals surface area (Å²) in [7, 11) is 0. The van der Waals surface area contributed by atoms with Crippen LogP contribution in [0.5, 0.6) is 11.5 Å². The Hall–Kier alpha value is -3.81. The highest BCUT2D eigenvalue weighted by Gasteiger charge is 2.34. The summed E-state index contributed by atoms with van der Waals surface area (Å²) >= 11 is 0. The molecule has 33 heavy (non-hydrogen) atoms. The molecule has 1 aliphatic heterocycles. The minimum atomic E-state index is -0.847. The molecule has 3 rings (SSSR count). The van der Waals surface area contributed by atoms with Crippen molar-refractivity contribution < 1.29 is 29.0 Å². The number of carboxylic acid groups (broad SMARTS) is 1. The summed E-state index contributed by atoms with van der Waals surface area (Å²) in [6.45, 7) is 4.72. The van der Waals surface area contributed by atoms with E-state index in [1.165, 1.54) is 11.1 Å². The Morgan fingerprint density at radius 2 is 1.82 bits per heavy atom. The Bertz CT molecular complexity index is 1050. The molecule has 0 aromatic heterocycles. The van der Waals surface area contributed by atoms with E-state index >= 15 is 0 Å². The van der Waals surface area contributed by atoms with E-state index < -0.39 is 17.8 Å². The summed E-state index contributed by atoms with van der Waals surface area (Å²) < 4.78 is 11.8. The molecule has 174 valence electrons. The van der Waals surface area contributed by atoms with E-state index in [1.54, 1.807) is 36.4 Å². The summed E-state index contributed by atoms with van der Waals surface area (Å²) in [5.41, 5.74) is 4.47. The quantitative estimate of drug-likeness (QED) is 0.305. The van der Waals surface area contributed by atoms with Gasteiger partial charge < -0.3 is 14.6 Å². The molecular weight excluding hydrogens is 424 g/mol. The second kappa shape index (κ2) is 11.2. The minimum absolute atomic E-state index is 0.00351. The lowest BCUT2D eigenvalue weighted by Crippen LogP contribution is -2.35. The zero-order valence-corrected chi connectivity index (χ0v) is 18.8. The minimum Gasteiger partial charge on any atom is -0.493 e. The van der Waals surface area contributed by atoms with Crippen molar-refractivity contribution in [2.75, 3.05) is 18.2 Å². The standard InChI is InChI=1S/C25H28N2O6/c1-3-14-32-21-13-12-18(23(17(21)2)33-15-8-7-11-22(28)29)16-20-24(30)26-27(25(20)31)19-9-5-4-6-10-19/h4-6,9-10,12-13,16H,3,7-8,11,14-15H2,1-2H3,(H,26,30)(H,28,29). The molecule has 0 spiro atoms. The predicted molar refractivity (Wildman–Crippen MR) is 124 cm³/mol. The number of hydrogen-bond acceptors (Lipinski definition) is 5. The zero-order valence-electron chi connectivity index (χ0n) is 18.8. The van der Waals surface area contributed by atoms with Gasteiger partial charge in [-0.2, -0.15) is 0 Å². The third-order valence-electron chi connectivity index (χ3n) is 5.09. The second-order valence-corrected chi connectivity index (χ2v) is 7.63. The zero-order chi connectivity index (χ0) is 23.8. The molecule has 0 saturated carbocycles. The highest BCUT2D eigenvalue weighted by Crippen LogP contribution is 2.34. The van der Waals surface area contributed by atoms with Crippen LogP contribution in [-0.4, -0.2) is 36.1 Å². The normalized spacial score (nSPS) is 14.5. The first kappa shape index (κ1) is 23.8. The van der Waals surface area contributed by atoms with Crippen LogP contribution >= 0.6 is 0 Å². The molecule has 1 saturated heterocycles. The van der Waals surface area contributed by atoms with E-state index in [-0.39, 0.29) is 12.0 Å². The maximum Gasteiger partial charge on any atom is 0.303 e. The fraction of sp³-hybridized carbons (Fsp3) is 0.320. The Balaban J connectivity index is 1.88. The number of ether oxygens (including phenoxy) is 2. The first-order valence-corrected chi connectivity index (χ1v) is 11.0. The van der Waals surface area contributed by atoms with E-state index in [0.717, 1.165) is 12.0 Å². The lowest BCUT2D eigenvalue weighted by atomic mass is 10.0. The number of carbonyl (C=O) groups is 3. The van der Waals surface area contributed by atoms with Crippen LogP contribution in [0.25, 0.3) is 6.08 Å². The highest BCUT2D eigenvalue weighted by molar-refractivity contribution is 6.31. The topological polar surface area (TPSA) is 105 Å². The number of hydrazine groups is 1. The monoisotopic (exact) mass is 452 g/mol. The Kier molecular flexibility index (Phi) is 8.07. The average Bonchev–Trinajstić information content (AvgIpc) is 3.08. The second-order valence-electron chi connectivity index (χ2n) is 7.63. The van der Waals surface area contributed by atoms with Crippen LogP contribution in [0, 0.1) is 6.92 Å². The van der Waals surface area contributed by atoms with Gasteiger partial charge in [-0.3, -0.25) is 19.8 Å². The largest absolute Gasteiger partial charge is 0.493 e. The Morgan fingerprint density at radius 1 is 1.06 bits per heavy atom. The van der Waals surface area contributed by atoms with Crippen molar-refractivity contribution in [1.82, 2.24) is 5.43 Å². The molecule has 0 bridgehead atoms. The summed E-state index contributed by atoms with van der Waals surface area (Å²) in [5, 5.41) is 10.0. The molecule has 2 N–H and O–H groups in total. The van der Waals surface area contributed by atoms with Gasteiger partial charge in [0.2, 0.25) is 0 Å². The fourth-order valence-electron chi connectivity index (χ4n) is 3.39. The van der Waals surface area contributed by atoms with Gasteiger partial charge in [-0.1, -0.05) is 25.1 Å². The Labute approximate surface area is 192 Å². The van der Waals surface area contributed by atoms with Gasteiger partial charge in [-0.25, -0.2) is 5.01 Å². The van der Waals surface area contributed by atoms with Gasteiger partial charge in [0.25, 0.3) is 11.8 Å². The van der Waals surface area contributed by atoms with Crippen LogP contribution in [0.3, 0.4) is 0 Å². The summed E-state index contributed by atoms with van der Waals surface area (Å²) in [5.74, 6) is -0.638. The average molecular weight is 453 g/mol. The van der Waals surface area contributed by atoms with Gasteiger partial charge in [0.1, 0.15) is 17.1 Å². The number of anilines is 1. The molecular formula is C25H28N2O6. The number of nitrogens with zero attached hydrogens (tertiary/aromatic N) is 1. The smallest absolute Gasteiger partial charge is 0.303 e. The van der Waals surface area contributed by atoms with Crippen LogP contribution in [0.2, 0.25) is 0 Å². The summed E-state index contributed by atoms with van der Waals surface area (Å²) in [6.07, 6.45) is 3.49. The number of amides is 2. The van der Waals surface area contributed by atoms with Gasteiger partial charge in [0.05, 0.1) is 18.9 Å². The van der Waals surface area contributed by atoms with E-state index in [2.05, 4.69) is 5.43 Å². The third kappa shape index (κ3) is 5.91. The molecule has 0 atom stereocenters. The molecule has 0 unspecified atom stereocenters. The first-order valence-electron chi connectivity index (χ1n) is 11.0. The van der Waals surface area contributed by atoms with Crippen LogP contribution in [0.1, 0.15) is 43.7 Å². The molecule has 2 amide bonds. The number of benzene rings is 2. The summed E-state index contributed by atoms with van der Waals surface area (Å²) in [4.78, 5) is 36.2. The van der Waals surface area contributed by atoms with Crippen molar-refractivity contribution in [3.63, 3.8) is 0 Å². The van der Waals surface area contributed by atoms with Crippen molar-refractivity contribution >= 4 is 29.5 Å². The highest BCUT2D eigenvalue weighted by atomic mass is 16.5. The molecule has 1 heterocycles. The predicted octanol–water partition coefficient (Wildman–Crippen LogP) is 3.88. The molecule has 2 aromatic rings. The lowest BCUT2D eigenvalue weighted by molar-refractivity contribution is -0.137. The lowest BCUT2D eigenvalue weighted by Gasteiger charge is -2.16.